The Morgan fingerprint density at radius 1 is 0.460 bits per heavy atom. The first-order valence-corrected chi connectivity index (χ1v) is 25.6. The summed E-state index contributed by atoms with van der Waals surface area (Å²) >= 11 is 7.00. The summed E-state index contributed by atoms with van der Waals surface area (Å²) in [6, 6.07) is 15.2. The molecule has 0 atom stereocenters. The van der Waals surface area contributed by atoms with E-state index in [1.165, 1.54) is 29.5 Å². The van der Waals surface area contributed by atoms with Gasteiger partial charge in [-0.2, -0.15) is 26.3 Å². The molecule has 0 amide bonds. The predicted molar refractivity (Wildman–Crippen MR) is 213 cm³/mol. The van der Waals surface area contributed by atoms with Crippen molar-refractivity contribution in [1.29, 1.82) is 0 Å². The summed E-state index contributed by atoms with van der Waals surface area (Å²) in [6.07, 6.45) is -8.80. The van der Waals surface area contributed by atoms with Crippen LogP contribution in [0.1, 0.15) is 52.7 Å². The van der Waals surface area contributed by atoms with E-state index < -0.39 is 39.6 Å². The quantitative estimate of drug-likeness (QED) is 0.120. The molecule has 0 saturated heterocycles. The van der Waals surface area contributed by atoms with Crippen LogP contribution in [0.3, 0.4) is 0 Å². The zero-order chi connectivity index (χ0) is 37.0. The molecule has 266 valence electrons. The van der Waals surface area contributed by atoms with Crippen LogP contribution in [-0.4, -0.2) is 16.1 Å². The van der Waals surface area contributed by atoms with E-state index >= 15 is 0 Å². The van der Waals surface area contributed by atoms with Crippen LogP contribution in [0.25, 0.3) is 50.8 Å². The molecule has 6 aromatic rings. The summed E-state index contributed by atoms with van der Waals surface area (Å²) < 4.78 is 85.5. The summed E-state index contributed by atoms with van der Waals surface area (Å²) in [5.41, 5.74) is 0.190. The van der Waals surface area contributed by atoms with E-state index in [-0.39, 0.29) is 10.1 Å². The standard InChI is InChI=1S/C38H40F6S4Si2/c1-35(2,3)49(7,8)33-25-19-27(21-11-15-23(16-12-21)37(39,40)41)45-29(25)31(47-33)32-30-26(34(48-32)50(9,10)36(4,5)6)20-28(46-30)22-13-17-24(18-14-22)38(42,43)44/h11-20H,1-10H3. The summed E-state index contributed by atoms with van der Waals surface area (Å²) in [5.74, 6) is 0. The fraction of sp³-hybridized carbons (Fsp3) is 0.368. The van der Waals surface area contributed by atoms with Gasteiger partial charge in [-0.3, -0.25) is 0 Å². The molecule has 0 unspecified atom stereocenters. The average molecular weight is 795 g/mol. The first-order valence-electron chi connectivity index (χ1n) is 16.3. The number of benzene rings is 2. The highest BCUT2D eigenvalue weighted by Crippen LogP contribution is 2.53. The van der Waals surface area contributed by atoms with Gasteiger partial charge in [0.2, 0.25) is 0 Å². The van der Waals surface area contributed by atoms with E-state index in [9.17, 15) is 26.3 Å². The SMILES string of the molecule is CC(C)(C)[Si](C)(C)c1sc(-c2sc([Si](C)(C)C(C)(C)C)c3cc(-c4ccc(C(F)(F)F)cc4)sc23)c2sc(-c3ccc(C(F)(F)F)cc3)cc12. The lowest BCUT2D eigenvalue weighted by Gasteiger charge is -2.36. The van der Waals surface area contributed by atoms with Gasteiger partial charge in [0.25, 0.3) is 0 Å². The molecule has 2 aromatic carbocycles. The second-order valence-corrected chi connectivity index (χ2v) is 31.5. The molecule has 6 rings (SSSR count). The molecule has 50 heavy (non-hydrogen) atoms. The summed E-state index contributed by atoms with van der Waals surface area (Å²) in [6.45, 7) is 23.4. The van der Waals surface area contributed by atoms with Gasteiger partial charge in [-0.25, -0.2) is 0 Å². The summed E-state index contributed by atoms with van der Waals surface area (Å²) in [7, 11) is -4.15. The van der Waals surface area contributed by atoms with Crippen molar-refractivity contribution in [3.8, 4) is 30.6 Å². The largest absolute Gasteiger partial charge is 0.416 e. The van der Waals surface area contributed by atoms with E-state index in [2.05, 4.69) is 79.9 Å². The number of hydrogen-bond acceptors (Lipinski definition) is 4. The third kappa shape index (κ3) is 6.40. The van der Waals surface area contributed by atoms with Crippen LogP contribution in [0.2, 0.25) is 36.3 Å². The van der Waals surface area contributed by atoms with Gasteiger partial charge < -0.3 is 0 Å². The van der Waals surface area contributed by atoms with Crippen molar-refractivity contribution in [2.75, 3.05) is 0 Å². The Morgan fingerprint density at radius 2 is 0.760 bits per heavy atom. The van der Waals surface area contributed by atoms with Crippen molar-refractivity contribution in [3.63, 3.8) is 0 Å². The van der Waals surface area contributed by atoms with Crippen molar-refractivity contribution in [2.24, 2.45) is 0 Å². The van der Waals surface area contributed by atoms with Crippen LogP contribution in [-0.2, 0) is 12.4 Å². The van der Waals surface area contributed by atoms with E-state index in [1.807, 2.05) is 22.7 Å². The summed E-state index contributed by atoms with van der Waals surface area (Å²) in [5, 5.41) is 2.47. The van der Waals surface area contributed by atoms with Crippen LogP contribution in [0.5, 0.6) is 0 Å². The maximum atomic E-state index is 13.4. The number of halogens is 6. The highest BCUT2D eigenvalue weighted by molar-refractivity contribution is 7.41. The Hall–Kier alpha value is -2.23. The van der Waals surface area contributed by atoms with Gasteiger partial charge in [-0.15, -0.1) is 45.3 Å². The number of fused-ring (bicyclic) bond motifs is 2. The van der Waals surface area contributed by atoms with E-state index in [4.69, 9.17) is 0 Å². The molecule has 0 bridgehead atoms. The van der Waals surface area contributed by atoms with Crippen LogP contribution in [0.15, 0.2) is 60.7 Å². The Bertz CT molecular complexity index is 2030. The third-order valence-electron chi connectivity index (χ3n) is 10.9. The van der Waals surface area contributed by atoms with E-state index in [0.29, 0.717) is 0 Å². The number of rotatable bonds is 5. The third-order valence-corrected chi connectivity index (χ3v) is 29.7. The molecule has 0 aliphatic heterocycles. The van der Waals surface area contributed by atoms with Crippen LogP contribution >= 0.6 is 45.3 Å². The smallest absolute Gasteiger partial charge is 0.166 e. The van der Waals surface area contributed by atoms with Crippen molar-refractivity contribution < 1.29 is 26.3 Å². The Balaban J connectivity index is 1.62. The second kappa shape index (κ2) is 12.2. The molecule has 0 fully saturated rings. The van der Waals surface area contributed by atoms with Gasteiger partial charge in [0.1, 0.15) is 0 Å². The maximum Gasteiger partial charge on any atom is 0.416 e. The predicted octanol–water partition coefficient (Wildman–Crippen LogP) is 14.7. The molecule has 0 aliphatic carbocycles. The zero-order valence-corrected chi connectivity index (χ0v) is 34.9. The zero-order valence-electron chi connectivity index (χ0n) is 29.7. The van der Waals surface area contributed by atoms with Crippen molar-refractivity contribution in [2.45, 2.75) is 90.2 Å². The maximum absolute atomic E-state index is 13.4. The molecular formula is C38H40F6S4Si2. The van der Waals surface area contributed by atoms with Gasteiger partial charge in [0.05, 0.1) is 46.4 Å². The fourth-order valence-electron chi connectivity index (χ4n) is 5.70. The minimum atomic E-state index is -4.40. The molecule has 0 N–H and O–H groups in total. The molecular weight excluding hydrogens is 755 g/mol. The minimum absolute atomic E-state index is 0.0499. The van der Waals surface area contributed by atoms with Gasteiger partial charge in [-0.1, -0.05) is 92.0 Å². The number of alkyl halides is 6. The lowest BCUT2D eigenvalue weighted by atomic mass is 10.1. The van der Waals surface area contributed by atoms with Gasteiger partial charge in [0, 0.05) is 20.5 Å². The molecule has 12 heteroatoms. The lowest BCUT2D eigenvalue weighted by Crippen LogP contribution is -2.48. The molecule has 0 aliphatic rings. The van der Waals surface area contributed by atoms with Crippen LogP contribution in [0.4, 0.5) is 26.3 Å². The van der Waals surface area contributed by atoms with Crippen LogP contribution in [0, 0.1) is 0 Å². The Labute approximate surface area is 307 Å². The van der Waals surface area contributed by atoms with Gasteiger partial charge in [0.15, 0.2) is 0 Å². The first-order chi connectivity index (χ1) is 22.8. The monoisotopic (exact) mass is 794 g/mol. The van der Waals surface area contributed by atoms with Crippen molar-refractivity contribution >= 4 is 90.7 Å². The highest BCUT2D eigenvalue weighted by Gasteiger charge is 2.43. The number of thiophene rings is 4. The Kier molecular flexibility index (Phi) is 9.13. The second-order valence-electron chi connectivity index (χ2n) is 16.1. The molecule has 0 radical (unpaired) electrons. The minimum Gasteiger partial charge on any atom is -0.166 e. The van der Waals surface area contributed by atoms with Gasteiger partial charge in [-0.05, 0) is 66.6 Å². The van der Waals surface area contributed by atoms with E-state index in [1.54, 1.807) is 46.9 Å². The highest BCUT2D eigenvalue weighted by atomic mass is 32.1. The average Bonchev–Trinajstić information content (AvgIpc) is 3.75. The molecule has 0 saturated carbocycles. The van der Waals surface area contributed by atoms with Crippen LogP contribution < -0.4 is 9.00 Å². The molecule has 0 nitrogen and oxygen atoms in total. The van der Waals surface area contributed by atoms with Gasteiger partial charge >= 0.3 is 12.4 Å². The lowest BCUT2D eigenvalue weighted by molar-refractivity contribution is -0.138. The molecule has 4 aromatic heterocycles. The number of hydrogen-bond donors (Lipinski definition) is 0. The fourth-order valence-corrected chi connectivity index (χ4v) is 18.5. The molecule has 4 heterocycles. The Morgan fingerprint density at radius 3 is 1.02 bits per heavy atom. The van der Waals surface area contributed by atoms with Crippen molar-refractivity contribution in [1.82, 2.24) is 0 Å². The van der Waals surface area contributed by atoms with E-state index in [0.717, 1.165) is 54.5 Å². The normalized spacial score (nSPS) is 14.0. The topological polar surface area (TPSA) is 0 Å². The summed E-state index contributed by atoms with van der Waals surface area (Å²) in [4.78, 5) is 4.24. The van der Waals surface area contributed by atoms with Crippen molar-refractivity contribution in [3.05, 3.63) is 71.8 Å². The first kappa shape index (κ1) is 37.5. The molecule has 0 spiro atoms.